The van der Waals surface area contributed by atoms with Crippen molar-refractivity contribution in [3.8, 4) is 0 Å². The highest BCUT2D eigenvalue weighted by Crippen LogP contribution is 2.31. The average Bonchev–Trinajstić information content (AvgIpc) is 3.18. The molecule has 0 bridgehead atoms. The summed E-state index contributed by atoms with van der Waals surface area (Å²) in [6, 6.07) is 8.27. The van der Waals surface area contributed by atoms with Gasteiger partial charge >= 0.3 is 0 Å². The quantitative estimate of drug-likeness (QED) is 0.422. The number of nitrogens with one attached hydrogen (secondary N) is 2. The zero-order valence-corrected chi connectivity index (χ0v) is 19.6. The molecule has 2 aliphatic rings. The molecule has 0 radical (unpaired) electrons. The summed E-state index contributed by atoms with van der Waals surface area (Å²) < 4.78 is 2.29. The van der Waals surface area contributed by atoms with Crippen LogP contribution in [0, 0.1) is 0 Å². The van der Waals surface area contributed by atoms with Gasteiger partial charge in [-0.3, -0.25) is 4.98 Å². The van der Waals surface area contributed by atoms with Gasteiger partial charge in [-0.1, -0.05) is 24.4 Å². The Labute approximate surface area is 203 Å². The summed E-state index contributed by atoms with van der Waals surface area (Å²) in [5.41, 5.74) is 4.52. The molecule has 4 aromatic heterocycles. The Hall–Kier alpha value is -3.62. The minimum atomic E-state index is 0.726. The molecule has 1 aliphatic carbocycles. The van der Waals surface area contributed by atoms with Gasteiger partial charge in [0.2, 0.25) is 0 Å². The molecule has 0 unspecified atom stereocenters. The topological polar surface area (TPSA) is 70.9 Å². The number of rotatable bonds is 5. The molecule has 6 rings (SSSR count). The summed E-state index contributed by atoms with van der Waals surface area (Å²) in [7, 11) is 0. The molecule has 0 spiro atoms. The van der Waals surface area contributed by atoms with Crippen LogP contribution in [0.15, 0.2) is 72.9 Å². The van der Waals surface area contributed by atoms with Crippen LogP contribution in [0.1, 0.15) is 6.42 Å². The van der Waals surface area contributed by atoms with Gasteiger partial charge in [0.05, 0.1) is 29.1 Å². The third-order valence-corrected chi connectivity index (χ3v) is 6.66. The second kappa shape index (κ2) is 8.96. The van der Waals surface area contributed by atoms with Gasteiger partial charge < -0.3 is 20.1 Å². The lowest BCUT2D eigenvalue weighted by Gasteiger charge is -2.29. The van der Waals surface area contributed by atoms with E-state index in [0.717, 1.165) is 83.1 Å². The molecular formula is C26H25N7S. The predicted octanol–water partition coefficient (Wildman–Crippen LogP) is 4.39. The molecule has 5 heterocycles. The second-order valence-corrected chi connectivity index (χ2v) is 9.15. The van der Waals surface area contributed by atoms with Crippen molar-refractivity contribution in [1.82, 2.24) is 24.8 Å². The Bertz CT molecular complexity index is 1430. The maximum Gasteiger partial charge on any atom is 0.133 e. The Balaban J connectivity index is 1.33. The molecule has 0 aromatic carbocycles. The van der Waals surface area contributed by atoms with Gasteiger partial charge in [0.15, 0.2) is 0 Å². The lowest BCUT2D eigenvalue weighted by molar-refractivity contribution is 0.589. The summed E-state index contributed by atoms with van der Waals surface area (Å²) >= 11 is 5.43. The molecule has 0 amide bonds. The first-order valence-corrected chi connectivity index (χ1v) is 12.0. The van der Waals surface area contributed by atoms with Gasteiger partial charge in [0.25, 0.3) is 0 Å². The summed E-state index contributed by atoms with van der Waals surface area (Å²) in [6.45, 7) is 4.74. The molecule has 8 heteroatoms. The van der Waals surface area contributed by atoms with Gasteiger partial charge in [-0.2, -0.15) is 0 Å². The van der Waals surface area contributed by atoms with Crippen LogP contribution >= 0.6 is 12.2 Å². The number of fused-ring (bicyclic) bond motifs is 3. The molecule has 170 valence electrons. The lowest BCUT2D eigenvalue weighted by atomic mass is 10.1. The molecule has 7 nitrogen and oxygen atoms in total. The lowest BCUT2D eigenvalue weighted by Crippen LogP contribution is -2.43. The van der Waals surface area contributed by atoms with Gasteiger partial charge in [-0.25, -0.2) is 9.97 Å². The highest BCUT2D eigenvalue weighted by Gasteiger charge is 2.15. The van der Waals surface area contributed by atoms with E-state index in [-0.39, 0.29) is 0 Å². The molecule has 1 saturated heterocycles. The van der Waals surface area contributed by atoms with Crippen molar-refractivity contribution in [3.05, 3.63) is 72.9 Å². The van der Waals surface area contributed by atoms with Crippen LogP contribution in [0.5, 0.6) is 0 Å². The first kappa shape index (κ1) is 20.9. The van der Waals surface area contributed by atoms with E-state index in [2.05, 4.69) is 71.5 Å². The third kappa shape index (κ3) is 4.06. The average molecular weight is 468 g/mol. The van der Waals surface area contributed by atoms with Crippen LogP contribution in [0.3, 0.4) is 0 Å². The Morgan fingerprint density at radius 1 is 0.971 bits per heavy atom. The minimum Gasteiger partial charge on any atom is -0.368 e. The first-order valence-electron chi connectivity index (χ1n) is 11.6. The van der Waals surface area contributed by atoms with Gasteiger partial charge in [0, 0.05) is 73.2 Å². The first-order chi connectivity index (χ1) is 16.7. The SMILES string of the molecule is S=C1C=C(Cn2c3cnccc3c3cnc(Nc4ccc(N5CCNCC5)cn4)cc32)C=CC1. The second-order valence-electron chi connectivity index (χ2n) is 8.62. The fourth-order valence-corrected chi connectivity index (χ4v) is 4.94. The van der Waals surface area contributed by atoms with Crippen LogP contribution in [0.2, 0.25) is 0 Å². The summed E-state index contributed by atoms with van der Waals surface area (Å²) in [5.74, 6) is 1.54. The molecule has 2 N–H and O–H groups in total. The van der Waals surface area contributed by atoms with E-state index in [1.54, 1.807) is 0 Å². The van der Waals surface area contributed by atoms with Crippen LogP contribution in [-0.4, -0.2) is 50.6 Å². The van der Waals surface area contributed by atoms with E-state index in [4.69, 9.17) is 12.2 Å². The van der Waals surface area contributed by atoms with Crippen LogP contribution in [0.25, 0.3) is 21.8 Å². The molecule has 0 atom stereocenters. The van der Waals surface area contributed by atoms with E-state index in [1.807, 2.05) is 30.9 Å². The number of hydrogen-bond donors (Lipinski definition) is 2. The normalized spacial score (nSPS) is 16.3. The van der Waals surface area contributed by atoms with Crippen molar-refractivity contribution < 1.29 is 0 Å². The number of allylic oxidation sites excluding steroid dienone is 4. The van der Waals surface area contributed by atoms with Crippen molar-refractivity contribution >= 4 is 56.2 Å². The van der Waals surface area contributed by atoms with Crippen LogP contribution < -0.4 is 15.5 Å². The van der Waals surface area contributed by atoms with E-state index in [9.17, 15) is 0 Å². The summed E-state index contributed by atoms with van der Waals surface area (Å²) in [4.78, 5) is 17.0. The molecule has 4 aromatic rings. The van der Waals surface area contributed by atoms with Crippen LogP contribution in [-0.2, 0) is 6.54 Å². The van der Waals surface area contributed by atoms with Gasteiger partial charge in [-0.15, -0.1) is 0 Å². The largest absolute Gasteiger partial charge is 0.368 e. The predicted molar refractivity (Wildman–Crippen MR) is 142 cm³/mol. The highest BCUT2D eigenvalue weighted by molar-refractivity contribution is 7.80. The highest BCUT2D eigenvalue weighted by atomic mass is 32.1. The Morgan fingerprint density at radius 2 is 1.85 bits per heavy atom. The molecule has 1 fully saturated rings. The number of hydrogen-bond acceptors (Lipinski definition) is 7. The van der Waals surface area contributed by atoms with E-state index < -0.39 is 0 Å². The summed E-state index contributed by atoms with van der Waals surface area (Å²) in [6.07, 6.45) is 14.9. The summed E-state index contributed by atoms with van der Waals surface area (Å²) in [5, 5.41) is 9.01. The number of nitrogens with zero attached hydrogens (tertiary/aromatic N) is 5. The van der Waals surface area contributed by atoms with Crippen molar-refractivity contribution in [2.24, 2.45) is 0 Å². The van der Waals surface area contributed by atoms with E-state index >= 15 is 0 Å². The van der Waals surface area contributed by atoms with Gasteiger partial charge in [-0.05, 0) is 29.8 Å². The van der Waals surface area contributed by atoms with Gasteiger partial charge in [0.1, 0.15) is 11.6 Å². The standard InChI is InChI=1S/C26H25N7S/c34-20-3-1-2-18(12-20)17-33-23-13-26(30-15-22(23)21-6-7-28-16-24(21)33)31-25-5-4-19(14-29-25)32-10-8-27-9-11-32/h1-2,4-7,12-16,27H,3,8-11,17H2,(H,29,30,31). The number of aromatic nitrogens is 4. The minimum absolute atomic E-state index is 0.726. The number of anilines is 3. The van der Waals surface area contributed by atoms with Crippen molar-refractivity contribution in [3.63, 3.8) is 0 Å². The van der Waals surface area contributed by atoms with Crippen molar-refractivity contribution in [2.45, 2.75) is 13.0 Å². The van der Waals surface area contributed by atoms with Crippen molar-refractivity contribution in [2.75, 3.05) is 36.4 Å². The van der Waals surface area contributed by atoms with Crippen molar-refractivity contribution in [1.29, 1.82) is 0 Å². The Kier molecular flexibility index (Phi) is 5.52. The zero-order valence-electron chi connectivity index (χ0n) is 18.7. The molecule has 34 heavy (non-hydrogen) atoms. The molecule has 1 aliphatic heterocycles. The van der Waals surface area contributed by atoms with E-state index in [1.165, 1.54) is 5.57 Å². The number of thiocarbonyl (C=S) groups is 1. The maximum atomic E-state index is 5.43. The fourth-order valence-electron chi connectivity index (χ4n) is 4.70. The smallest absolute Gasteiger partial charge is 0.133 e. The maximum absolute atomic E-state index is 5.43. The fraction of sp³-hybridized carbons (Fsp3) is 0.231. The number of piperazine rings is 1. The zero-order chi connectivity index (χ0) is 22.9. The Morgan fingerprint density at radius 3 is 2.68 bits per heavy atom. The number of pyridine rings is 3. The molecular weight excluding hydrogens is 442 g/mol. The monoisotopic (exact) mass is 467 g/mol. The van der Waals surface area contributed by atoms with Crippen LogP contribution in [0.4, 0.5) is 17.3 Å². The molecule has 0 saturated carbocycles. The van der Waals surface area contributed by atoms with E-state index in [0.29, 0.717) is 0 Å². The third-order valence-electron chi connectivity index (χ3n) is 6.38.